The van der Waals surface area contributed by atoms with E-state index in [1.54, 1.807) is 0 Å². The highest BCUT2D eigenvalue weighted by molar-refractivity contribution is 6.32. The van der Waals surface area contributed by atoms with E-state index in [2.05, 4.69) is 24.3 Å². The Hall–Kier alpha value is -0.603. The molecule has 76 valence electrons. The molecule has 0 spiro atoms. The van der Waals surface area contributed by atoms with Crippen LogP contribution >= 0.6 is 0 Å². The number of hydrogen-bond donors (Lipinski definition) is 1. The minimum Gasteiger partial charge on any atom is -0.385 e. The van der Waals surface area contributed by atoms with Crippen LogP contribution < -0.4 is 5.19 Å². The van der Waals surface area contributed by atoms with Crippen LogP contribution in [0.25, 0.3) is 0 Å². The van der Waals surface area contributed by atoms with Crippen molar-refractivity contribution in [3.8, 4) is 0 Å². The molecule has 1 N–H and O–H groups in total. The van der Waals surface area contributed by atoms with Gasteiger partial charge in [-0.3, -0.25) is 0 Å². The fourth-order valence-corrected chi connectivity index (χ4v) is 2.62. The van der Waals surface area contributed by atoms with Crippen LogP contribution in [0, 0.1) is 0 Å². The van der Waals surface area contributed by atoms with Gasteiger partial charge in [0, 0.05) is 10.2 Å². The van der Waals surface area contributed by atoms with E-state index in [-0.39, 0.29) is 0 Å². The Balaban J connectivity index is 2.23. The van der Waals surface area contributed by atoms with Crippen molar-refractivity contribution >= 4 is 15.4 Å². The zero-order valence-corrected chi connectivity index (χ0v) is 10.8. The zero-order valence-electron chi connectivity index (χ0n) is 8.79. The predicted octanol–water partition coefficient (Wildman–Crippen LogP) is 0.829. The van der Waals surface area contributed by atoms with Crippen LogP contribution in [0.15, 0.2) is 24.3 Å². The molecule has 0 aliphatic heterocycles. The van der Waals surface area contributed by atoms with Crippen LogP contribution in [0.5, 0.6) is 0 Å². The smallest absolute Gasteiger partial charge is 0.0896 e. The quantitative estimate of drug-likeness (QED) is 0.675. The number of benzene rings is 1. The molecule has 2 heteroatoms. The topological polar surface area (TPSA) is 20.2 Å². The van der Waals surface area contributed by atoms with Crippen LogP contribution in [0.2, 0.25) is 0 Å². The van der Waals surface area contributed by atoms with Gasteiger partial charge in [0.1, 0.15) is 0 Å². The third kappa shape index (κ3) is 1.91. The molecule has 1 aromatic rings. The van der Waals surface area contributed by atoms with Crippen molar-refractivity contribution in [1.82, 2.24) is 0 Å². The molecule has 0 unspecified atom stereocenters. The van der Waals surface area contributed by atoms with E-state index < -0.39 is 5.60 Å². The number of hydrogen-bond acceptors (Lipinski definition) is 1. The number of rotatable bonds is 1. The third-order valence-electron chi connectivity index (χ3n) is 3.27. The predicted molar refractivity (Wildman–Crippen MR) is 63.0 cm³/mol. The van der Waals surface area contributed by atoms with Gasteiger partial charge in [-0.15, -0.1) is 0 Å². The molecule has 1 aliphatic carbocycles. The van der Waals surface area contributed by atoms with Crippen molar-refractivity contribution in [3.63, 3.8) is 0 Å². The highest BCUT2D eigenvalue weighted by atomic mass is 28.1. The minimum absolute atomic E-state index is 0.520. The lowest BCUT2D eigenvalue weighted by Crippen LogP contribution is -2.28. The van der Waals surface area contributed by atoms with Crippen LogP contribution in [0.4, 0.5) is 0 Å². The largest absolute Gasteiger partial charge is 0.385 e. The molecule has 1 nitrogen and oxygen atoms in total. The second-order valence-electron chi connectivity index (χ2n) is 4.46. The van der Waals surface area contributed by atoms with Crippen molar-refractivity contribution in [2.45, 2.75) is 37.7 Å². The molecule has 1 saturated carbocycles. The van der Waals surface area contributed by atoms with Crippen molar-refractivity contribution < 1.29 is 5.11 Å². The molecule has 1 fully saturated rings. The standard InChI is InChI=1S/C12H18OSi/c13-12(8-2-1-3-9-12)10-4-6-11(14)7-5-10/h4-7,13H,1-3,8-9H2,14H3. The fourth-order valence-electron chi connectivity index (χ4n) is 2.29. The summed E-state index contributed by atoms with van der Waals surface area (Å²) in [5, 5.41) is 11.8. The summed E-state index contributed by atoms with van der Waals surface area (Å²) in [6.45, 7) is 0. The average Bonchev–Trinajstić information content (AvgIpc) is 2.19. The van der Waals surface area contributed by atoms with E-state index in [4.69, 9.17) is 0 Å². The molecule has 1 aliphatic rings. The van der Waals surface area contributed by atoms with E-state index >= 15 is 0 Å². The summed E-state index contributed by atoms with van der Waals surface area (Å²) in [4.78, 5) is 0. The van der Waals surface area contributed by atoms with Crippen LogP contribution in [-0.2, 0) is 5.60 Å². The van der Waals surface area contributed by atoms with Gasteiger partial charge < -0.3 is 5.11 Å². The van der Waals surface area contributed by atoms with Gasteiger partial charge in [0.25, 0.3) is 0 Å². The summed E-state index contributed by atoms with van der Waals surface area (Å²) >= 11 is 0. The second kappa shape index (κ2) is 3.87. The monoisotopic (exact) mass is 206 g/mol. The van der Waals surface area contributed by atoms with Crippen LogP contribution in [-0.4, -0.2) is 15.3 Å². The van der Waals surface area contributed by atoms with Crippen LogP contribution in [0.1, 0.15) is 37.7 Å². The Morgan fingerprint density at radius 3 is 2.14 bits per heavy atom. The Bertz CT molecular complexity index is 299. The Labute approximate surface area is 88.6 Å². The summed E-state index contributed by atoms with van der Waals surface area (Å²) in [5.41, 5.74) is 0.602. The van der Waals surface area contributed by atoms with Gasteiger partial charge in [0.2, 0.25) is 0 Å². The van der Waals surface area contributed by atoms with Gasteiger partial charge in [0.15, 0.2) is 0 Å². The van der Waals surface area contributed by atoms with Gasteiger partial charge in [-0.1, -0.05) is 48.7 Å². The molecule has 0 aromatic heterocycles. The average molecular weight is 206 g/mol. The number of aliphatic hydroxyl groups is 1. The molecule has 1 aromatic carbocycles. The molecule has 14 heavy (non-hydrogen) atoms. The molecule has 2 rings (SSSR count). The normalized spacial score (nSPS) is 20.9. The van der Waals surface area contributed by atoms with Crippen LogP contribution in [0.3, 0.4) is 0 Å². The molecular formula is C12H18OSi. The first-order chi connectivity index (χ1) is 6.71. The van der Waals surface area contributed by atoms with Crippen molar-refractivity contribution in [3.05, 3.63) is 29.8 Å². The molecule has 0 radical (unpaired) electrons. The minimum atomic E-state index is -0.520. The SMILES string of the molecule is OC1(c2ccc([SiH3])cc2)CCCCC1. The van der Waals surface area contributed by atoms with E-state index in [9.17, 15) is 5.11 Å². The fraction of sp³-hybridized carbons (Fsp3) is 0.500. The second-order valence-corrected chi connectivity index (χ2v) is 5.61. The highest BCUT2D eigenvalue weighted by Crippen LogP contribution is 2.36. The van der Waals surface area contributed by atoms with E-state index in [0.29, 0.717) is 0 Å². The molecule has 0 bridgehead atoms. The summed E-state index contributed by atoms with van der Waals surface area (Å²) in [6.07, 6.45) is 5.49. The van der Waals surface area contributed by atoms with Gasteiger partial charge in [-0.2, -0.15) is 0 Å². The van der Waals surface area contributed by atoms with E-state index in [1.165, 1.54) is 24.4 Å². The molecule has 0 amide bonds. The first-order valence-corrected chi connectivity index (χ1v) is 6.50. The summed E-state index contributed by atoms with van der Waals surface area (Å²) in [5.74, 6) is 0. The third-order valence-corrected chi connectivity index (χ3v) is 3.94. The molecule has 0 saturated heterocycles. The van der Waals surface area contributed by atoms with E-state index in [1.807, 2.05) is 0 Å². The maximum absolute atomic E-state index is 10.4. The maximum Gasteiger partial charge on any atom is 0.0896 e. The van der Waals surface area contributed by atoms with E-state index in [0.717, 1.165) is 28.6 Å². The molecule has 0 heterocycles. The van der Waals surface area contributed by atoms with Crippen molar-refractivity contribution in [1.29, 1.82) is 0 Å². The first kappa shape index (κ1) is 9.93. The molecule has 0 atom stereocenters. The van der Waals surface area contributed by atoms with Crippen molar-refractivity contribution in [2.24, 2.45) is 0 Å². The zero-order chi connectivity index (χ0) is 10.0. The highest BCUT2D eigenvalue weighted by Gasteiger charge is 2.30. The van der Waals surface area contributed by atoms with Gasteiger partial charge in [0.05, 0.1) is 5.60 Å². The van der Waals surface area contributed by atoms with Gasteiger partial charge >= 0.3 is 0 Å². The Kier molecular flexibility index (Phi) is 2.75. The Morgan fingerprint density at radius 2 is 1.57 bits per heavy atom. The van der Waals surface area contributed by atoms with Gasteiger partial charge in [-0.05, 0) is 18.4 Å². The summed E-state index contributed by atoms with van der Waals surface area (Å²) in [7, 11) is 1.09. The lowest BCUT2D eigenvalue weighted by molar-refractivity contribution is -0.000604. The first-order valence-electron chi connectivity index (χ1n) is 5.50. The molecular weight excluding hydrogens is 188 g/mol. The summed E-state index contributed by atoms with van der Waals surface area (Å²) < 4.78 is 0. The van der Waals surface area contributed by atoms with Crippen molar-refractivity contribution in [2.75, 3.05) is 0 Å². The lowest BCUT2D eigenvalue weighted by Gasteiger charge is -2.32. The van der Waals surface area contributed by atoms with Gasteiger partial charge in [-0.25, -0.2) is 0 Å². The Morgan fingerprint density at radius 1 is 1.00 bits per heavy atom. The maximum atomic E-state index is 10.4. The summed E-state index contributed by atoms with van der Waals surface area (Å²) in [6, 6.07) is 8.50. The lowest BCUT2D eigenvalue weighted by atomic mass is 9.80.